The third kappa shape index (κ3) is 4.70. The second-order valence-corrected chi connectivity index (χ2v) is 5.57. The van der Waals surface area contributed by atoms with Crippen LogP contribution in [-0.2, 0) is 0 Å². The fraction of sp³-hybridized carbons (Fsp3) is 0.786. The van der Waals surface area contributed by atoms with Crippen LogP contribution in [0.5, 0.6) is 0 Å². The molecule has 7 heteroatoms. The van der Waals surface area contributed by atoms with E-state index < -0.39 is 0 Å². The first-order chi connectivity index (χ1) is 10.2. The first kappa shape index (κ1) is 15.8. The molecule has 1 aliphatic rings. The lowest BCUT2D eigenvalue weighted by molar-refractivity contribution is 0.244. The van der Waals surface area contributed by atoms with Crippen molar-refractivity contribution in [3.05, 3.63) is 0 Å². The van der Waals surface area contributed by atoms with Gasteiger partial charge in [-0.15, -0.1) is 0 Å². The second kappa shape index (κ2) is 7.97. The van der Waals surface area contributed by atoms with Crippen molar-refractivity contribution in [3.8, 4) is 0 Å². The monoisotopic (exact) mass is 294 g/mol. The fourth-order valence-electron chi connectivity index (χ4n) is 2.15. The van der Waals surface area contributed by atoms with E-state index in [1.54, 1.807) is 0 Å². The molecule has 7 nitrogen and oxygen atoms in total. The number of anilines is 3. The number of hydrogen-bond donors (Lipinski definition) is 3. The van der Waals surface area contributed by atoms with E-state index >= 15 is 0 Å². The number of nitrogens with one attached hydrogen (secondary N) is 2. The largest absolute Gasteiger partial charge is 0.396 e. The number of aromatic nitrogens is 3. The van der Waals surface area contributed by atoms with Gasteiger partial charge in [-0.1, -0.05) is 13.8 Å². The van der Waals surface area contributed by atoms with Crippen LogP contribution in [0.3, 0.4) is 0 Å². The Hall–Kier alpha value is -1.63. The van der Waals surface area contributed by atoms with E-state index in [2.05, 4.69) is 37.4 Å². The summed E-state index contributed by atoms with van der Waals surface area (Å²) < 4.78 is 0. The molecule has 0 aliphatic carbocycles. The number of aliphatic hydroxyl groups is 1. The predicted molar refractivity (Wildman–Crippen MR) is 84.8 cm³/mol. The first-order valence-corrected chi connectivity index (χ1v) is 7.82. The molecule has 1 atom stereocenters. The van der Waals surface area contributed by atoms with E-state index in [1.165, 1.54) is 12.8 Å². The summed E-state index contributed by atoms with van der Waals surface area (Å²) in [6, 6.07) is 0. The van der Waals surface area contributed by atoms with Crippen LogP contribution in [0.2, 0.25) is 0 Å². The highest BCUT2D eigenvalue weighted by Gasteiger charge is 2.17. The quantitative estimate of drug-likeness (QED) is 0.667. The van der Waals surface area contributed by atoms with E-state index in [4.69, 9.17) is 5.11 Å². The zero-order valence-corrected chi connectivity index (χ0v) is 13.0. The minimum Gasteiger partial charge on any atom is -0.396 e. The van der Waals surface area contributed by atoms with Crippen molar-refractivity contribution in [1.29, 1.82) is 0 Å². The Morgan fingerprint density at radius 1 is 1.14 bits per heavy atom. The minimum atomic E-state index is 0.151. The molecular weight excluding hydrogens is 268 g/mol. The van der Waals surface area contributed by atoms with Gasteiger partial charge in [-0.05, 0) is 25.2 Å². The Bertz CT molecular complexity index is 435. The first-order valence-electron chi connectivity index (χ1n) is 7.82. The third-order valence-electron chi connectivity index (χ3n) is 3.47. The average Bonchev–Trinajstić information content (AvgIpc) is 3.04. The van der Waals surface area contributed by atoms with Crippen LogP contribution in [0.1, 0.15) is 33.1 Å². The van der Waals surface area contributed by atoms with Crippen molar-refractivity contribution >= 4 is 17.8 Å². The van der Waals surface area contributed by atoms with Crippen LogP contribution in [-0.4, -0.2) is 52.8 Å². The lowest BCUT2D eigenvalue weighted by Gasteiger charge is -2.17. The Kier molecular flexibility index (Phi) is 5.98. The maximum atomic E-state index is 9.10. The van der Waals surface area contributed by atoms with Gasteiger partial charge in [0.05, 0.1) is 0 Å². The van der Waals surface area contributed by atoms with Gasteiger partial charge in [0.25, 0.3) is 0 Å². The topological polar surface area (TPSA) is 86.2 Å². The standard InChI is InChI=1S/C14H26N6O/c1-3-6-15-12-17-13(16-9-11(2)10-21)19-14(18-12)20-7-4-5-8-20/h11,21H,3-10H2,1-2H3,(H2,15,16,17,18,19). The summed E-state index contributed by atoms with van der Waals surface area (Å²) >= 11 is 0. The highest BCUT2D eigenvalue weighted by molar-refractivity contribution is 5.44. The summed E-state index contributed by atoms with van der Waals surface area (Å²) in [5, 5.41) is 15.5. The highest BCUT2D eigenvalue weighted by atomic mass is 16.3. The molecule has 1 fully saturated rings. The Labute approximate surface area is 126 Å². The maximum Gasteiger partial charge on any atom is 0.231 e. The van der Waals surface area contributed by atoms with Crippen molar-refractivity contribution in [2.24, 2.45) is 5.92 Å². The molecule has 1 unspecified atom stereocenters. The number of rotatable bonds is 8. The molecule has 0 radical (unpaired) electrons. The molecule has 118 valence electrons. The Balaban J connectivity index is 2.11. The van der Waals surface area contributed by atoms with Crippen LogP contribution in [0.15, 0.2) is 0 Å². The van der Waals surface area contributed by atoms with Gasteiger partial charge < -0.3 is 20.6 Å². The molecule has 1 aromatic rings. The molecule has 0 aromatic carbocycles. The second-order valence-electron chi connectivity index (χ2n) is 5.57. The molecule has 2 rings (SSSR count). The summed E-state index contributed by atoms with van der Waals surface area (Å²) in [6.07, 6.45) is 3.40. The van der Waals surface area contributed by atoms with Crippen LogP contribution >= 0.6 is 0 Å². The van der Waals surface area contributed by atoms with Crippen molar-refractivity contribution in [3.63, 3.8) is 0 Å². The van der Waals surface area contributed by atoms with Crippen molar-refractivity contribution in [2.75, 3.05) is 48.3 Å². The third-order valence-corrected chi connectivity index (χ3v) is 3.47. The van der Waals surface area contributed by atoms with Gasteiger partial charge in [-0.2, -0.15) is 15.0 Å². The molecule has 3 N–H and O–H groups in total. The number of aliphatic hydroxyl groups excluding tert-OH is 1. The van der Waals surface area contributed by atoms with E-state index in [1.807, 2.05) is 6.92 Å². The van der Waals surface area contributed by atoms with Gasteiger partial charge in [-0.3, -0.25) is 0 Å². The molecule has 1 aliphatic heterocycles. The lowest BCUT2D eigenvalue weighted by Crippen LogP contribution is -2.23. The molecule has 0 spiro atoms. The van der Waals surface area contributed by atoms with Gasteiger partial charge in [-0.25, -0.2) is 0 Å². The van der Waals surface area contributed by atoms with Crippen molar-refractivity contribution < 1.29 is 5.11 Å². The van der Waals surface area contributed by atoms with Crippen LogP contribution in [0, 0.1) is 5.92 Å². The molecule has 0 bridgehead atoms. The summed E-state index contributed by atoms with van der Waals surface area (Å²) in [5.74, 6) is 2.10. The normalized spacial score (nSPS) is 16.0. The maximum absolute atomic E-state index is 9.10. The zero-order chi connectivity index (χ0) is 15.1. The molecule has 21 heavy (non-hydrogen) atoms. The molecule has 0 saturated carbocycles. The number of nitrogens with zero attached hydrogens (tertiary/aromatic N) is 4. The molecule has 0 amide bonds. The zero-order valence-electron chi connectivity index (χ0n) is 13.0. The summed E-state index contributed by atoms with van der Waals surface area (Å²) in [4.78, 5) is 15.6. The SMILES string of the molecule is CCCNc1nc(NCC(C)CO)nc(N2CCCC2)n1. The molecule has 1 aromatic heterocycles. The highest BCUT2D eigenvalue weighted by Crippen LogP contribution is 2.18. The smallest absolute Gasteiger partial charge is 0.231 e. The number of hydrogen-bond acceptors (Lipinski definition) is 7. The fourth-order valence-corrected chi connectivity index (χ4v) is 2.15. The van der Waals surface area contributed by atoms with Gasteiger partial charge in [0.15, 0.2) is 0 Å². The summed E-state index contributed by atoms with van der Waals surface area (Å²) in [6.45, 7) is 7.73. The minimum absolute atomic E-state index is 0.151. The van der Waals surface area contributed by atoms with Crippen LogP contribution < -0.4 is 15.5 Å². The van der Waals surface area contributed by atoms with E-state index in [0.29, 0.717) is 18.4 Å². The van der Waals surface area contributed by atoms with Gasteiger partial charge in [0.2, 0.25) is 17.8 Å². The predicted octanol–water partition coefficient (Wildman–Crippen LogP) is 1.33. The molecule has 2 heterocycles. The average molecular weight is 294 g/mol. The molecule has 1 saturated heterocycles. The lowest BCUT2D eigenvalue weighted by atomic mass is 10.2. The van der Waals surface area contributed by atoms with Crippen molar-refractivity contribution in [2.45, 2.75) is 33.1 Å². The van der Waals surface area contributed by atoms with Gasteiger partial charge >= 0.3 is 0 Å². The Morgan fingerprint density at radius 3 is 2.43 bits per heavy atom. The van der Waals surface area contributed by atoms with E-state index in [-0.39, 0.29) is 12.5 Å². The van der Waals surface area contributed by atoms with Crippen LogP contribution in [0.4, 0.5) is 17.8 Å². The van der Waals surface area contributed by atoms with Crippen molar-refractivity contribution in [1.82, 2.24) is 15.0 Å². The van der Waals surface area contributed by atoms with Crippen LogP contribution in [0.25, 0.3) is 0 Å². The summed E-state index contributed by atoms with van der Waals surface area (Å²) in [5.41, 5.74) is 0. The van der Waals surface area contributed by atoms with E-state index in [9.17, 15) is 0 Å². The Morgan fingerprint density at radius 2 is 1.81 bits per heavy atom. The van der Waals surface area contributed by atoms with Gasteiger partial charge in [0, 0.05) is 32.8 Å². The van der Waals surface area contributed by atoms with E-state index in [0.717, 1.165) is 32.0 Å². The van der Waals surface area contributed by atoms with Gasteiger partial charge in [0.1, 0.15) is 0 Å². The molecular formula is C14H26N6O. The summed E-state index contributed by atoms with van der Waals surface area (Å²) in [7, 11) is 0.